The fraction of sp³-hybridized carbons (Fsp3) is 0.588. The van der Waals surface area contributed by atoms with Gasteiger partial charge in [-0.05, 0) is 43.9 Å². The molecule has 2 unspecified atom stereocenters. The van der Waals surface area contributed by atoms with Gasteiger partial charge in [-0.2, -0.15) is 0 Å². The molecule has 0 amide bonds. The number of aliphatic hydroxyl groups is 1. The van der Waals surface area contributed by atoms with Crippen LogP contribution in [0.4, 0.5) is 0 Å². The first-order valence-electron chi connectivity index (χ1n) is 7.77. The summed E-state index contributed by atoms with van der Waals surface area (Å²) in [5.41, 5.74) is 0.972. The van der Waals surface area contributed by atoms with Crippen molar-refractivity contribution in [2.45, 2.75) is 50.9 Å². The standard InChI is InChI=1S/C17H24O5/c1-3-21-17(19)16(20-2)11-12-7-9-13(10-8-12)22-15-6-4-5-14(15)18/h7-10,14-16,18H,3-6,11H2,1-2H3/t14?,15?,16-/m1/s1. The van der Waals surface area contributed by atoms with E-state index in [1.807, 2.05) is 24.3 Å². The highest BCUT2D eigenvalue weighted by Gasteiger charge is 2.27. The molecule has 0 spiro atoms. The van der Waals surface area contributed by atoms with Gasteiger partial charge in [-0.15, -0.1) is 0 Å². The number of ether oxygens (including phenoxy) is 3. The van der Waals surface area contributed by atoms with E-state index in [0.717, 1.165) is 30.6 Å². The van der Waals surface area contributed by atoms with E-state index in [-0.39, 0.29) is 18.2 Å². The van der Waals surface area contributed by atoms with Crippen molar-refractivity contribution < 1.29 is 24.1 Å². The predicted octanol–water partition coefficient (Wildman–Crippen LogP) is 2.10. The lowest BCUT2D eigenvalue weighted by atomic mass is 10.1. The van der Waals surface area contributed by atoms with Crippen LogP contribution in [-0.4, -0.2) is 43.1 Å². The number of carbonyl (C=O) groups is 1. The zero-order chi connectivity index (χ0) is 15.9. The van der Waals surface area contributed by atoms with Crippen LogP contribution in [0.1, 0.15) is 31.7 Å². The number of benzene rings is 1. The van der Waals surface area contributed by atoms with E-state index < -0.39 is 6.10 Å². The van der Waals surface area contributed by atoms with Crippen LogP contribution in [0.25, 0.3) is 0 Å². The van der Waals surface area contributed by atoms with Gasteiger partial charge in [-0.3, -0.25) is 0 Å². The van der Waals surface area contributed by atoms with E-state index >= 15 is 0 Å². The third kappa shape index (κ3) is 4.45. The van der Waals surface area contributed by atoms with Crippen LogP contribution in [0, 0.1) is 0 Å². The topological polar surface area (TPSA) is 65.0 Å². The molecular formula is C17H24O5. The summed E-state index contributed by atoms with van der Waals surface area (Å²) in [6, 6.07) is 7.53. The molecule has 0 bridgehead atoms. The molecule has 0 heterocycles. The van der Waals surface area contributed by atoms with Gasteiger partial charge in [0, 0.05) is 13.5 Å². The highest BCUT2D eigenvalue weighted by Crippen LogP contribution is 2.25. The van der Waals surface area contributed by atoms with E-state index in [2.05, 4.69) is 0 Å². The Bertz CT molecular complexity index is 470. The molecule has 0 aliphatic heterocycles. The molecule has 3 atom stereocenters. The van der Waals surface area contributed by atoms with Crippen LogP contribution < -0.4 is 4.74 Å². The maximum atomic E-state index is 11.7. The number of esters is 1. The summed E-state index contributed by atoms with van der Waals surface area (Å²) < 4.78 is 15.9. The Morgan fingerprint density at radius 3 is 2.59 bits per heavy atom. The second-order valence-corrected chi connectivity index (χ2v) is 5.48. The molecule has 5 nitrogen and oxygen atoms in total. The Morgan fingerprint density at radius 1 is 1.32 bits per heavy atom. The Kier molecular flexibility index (Phi) is 6.21. The van der Waals surface area contributed by atoms with Crippen LogP contribution in [0.3, 0.4) is 0 Å². The predicted molar refractivity (Wildman–Crippen MR) is 81.8 cm³/mol. The first-order chi connectivity index (χ1) is 10.6. The van der Waals surface area contributed by atoms with Crippen molar-refractivity contribution in [1.29, 1.82) is 0 Å². The minimum Gasteiger partial charge on any atom is -0.488 e. The molecule has 1 N–H and O–H groups in total. The van der Waals surface area contributed by atoms with Gasteiger partial charge < -0.3 is 19.3 Å². The number of rotatable bonds is 7. The minimum absolute atomic E-state index is 0.114. The maximum Gasteiger partial charge on any atom is 0.335 e. The molecule has 1 aliphatic rings. The van der Waals surface area contributed by atoms with Crippen molar-refractivity contribution in [3.63, 3.8) is 0 Å². The number of carbonyl (C=O) groups excluding carboxylic acids is 1. The Labute approximate surface area is 131 Å². The molecule has 0 aromatic heterocycles. The highest BCUT2D eigenvalue weighted by molar-refractivity contribution is 5.75. The average molecular weight is 308 g/mol. The Hall–Kier alpha value is -1.59. The number of aliphatic hydroxyl groups excluding tert-OH is 1. The third-order valence-electron chi connectivity index (χ3n) is 3.88. The lowest BCUT2D eigenvalue weighted by Crippen LogP contribution is -2.27. The van der Waals surface area contributed by atoms with Gasteiger partial charge in [0.15, 0.2) is 6.10 Å². The molecule has 1 aliphatic carbocycles. The molecular weight excluding hydrogens is 284 g/mol. The van der Waals surface area contributed by atoms with Crippen molar-refractivity contribution in [1.82, 2.24) is 0 Å². The summed E-state index contributed by atoms with van der Waals surface area (Å²) in [5, 5.41) is 9.77. The average Bonchev–Trinajstić information content (AvgIpc) is 2.92. The second kappa shape index (κ2) is 8.15. The van der Waals surface area contributed by atoms with Gasteiger partial charge in [-0.25, -0.2) is 4.79 Å². The van der Waals surface area contributed by atoms with E-state index in [1.54, 1.807) is 6.92 Å². The van der Waals surface area contributed by atoms with Gasteiger partial charge >= 0.3 is 5.97 Å². The van der Waals surface area contributed by atoms with Gasteiger partial charge in [0.25, 0.3) is 0 Å². The quantitative estimate of drug-likeness (QED) is 0.782. The largest absolute Gasteiger partial charge is 0.488 e. The number of methoxy groups -OCH3 is 1. The van der Waals surface area contributed by atoms with Crippen LogP contribution in [0.5, 0.6) is 5.75 Å². The van der Waals surface area contributed by atoms with Crippen LogP contribution in [0.2, 0.25) is 0 Å². The normalized spacial score (nSPS) is 22.3. The van der Waals surface area contributed by atoms with Crippen molar-refractivity contribution >= 4 is 5.97 Å². The minimum atomic E-state index is -0.594. The lowest BCUT2D eigenvalue weighted by molar-refractivity contribution is -0.154. The third-order valence-corrected chi connectivity index (χ3v) is 3.88. The van der Waals surface area contributed by atoms with Crippen molar-refractivity contribution in [3.05, 3.63) is 29.8 Å². The smallest absolute Gasteiger partial charge is 0.335 e. The van der Waals surface area contributed by atoms with Crippen molar-refractivity contribution in [2.24, 2.45) is 0 Å². The van der Waals surface area contributed by atoms with E-state index in [0.29, 0.717) is 13.0 Å². The molecule has 122 valence electrons. The molecule has 22 heavy (non-hydrogen) atoms. The van der Waals surface area contributed by atoms with E-state index in [4.69, 9.17) is 14.2 Å². The fourth-order valence-electron chi connectivity index (χ4n) is 2.63. The summed E-state index contributed by atoms with van der Waals surface area (Å²) in [7, 11) is 1.50. The molecule has 0 saturated heterocycles. The monoisotopic (exact) mass is 308 g/mol. The molecule has 0 radical (unpaired) electrons. The van der Waals surface area contributed by atoms with Gasteiger partial charge in [0.1, 0.15) is 11.9 Å². The van der Waals surface area contributed by atoms with Crippen molar-refractivity contribution in [3.8, 4) is 5.75 Å². The van der Waals surface area contributed by atoms with E-state index in [1.165, 1.54) is 7.11 Å². The summed E-state index contributed by atoms with van der Waals surface area (Å²) in [4.78, 5) is 11.7. The Balaban J connectivity index is 1.92. The maximum absolute atomic E-state index is 11.7. The van der Waals surface area contributed by atoms with Gasteiger partial charge in [0.05, 0.1) is 12.7 Å². The van der Waals surface area contributed by atoms with E-state index in [9.17, 15) is 9.90 Å². The first-order valence-corrected chi connectivity index (χ1v) is 7.77. The van der Waals surface area contributed by atoms with Crippen molar-refractivity contribution in [2.75, 3.05) is 13.7 Å². The van der Waals surface area contributed by atoms with Crippen LogP contribution in [-0.2, 0) is 20.7 Å². The number of hydrogen-bond acceptors (Lipinski definition) is 5. The first kappa shape index (κ1) is 16.8. The zero-order valence-electron chi connectivity index (χ0n) is 13.2. The zero-order valence-corrected chi connectivity index (χ0v) is 13.2. The molecule has 2 rings (SSSR count). The molecule has 1 fully saturated rings. The summed E-state index contributed by atoms with van der Waals surface area (Å²) >= 11 is 0. The van der Waals surface area contributed by atoms with Crippen LogP contribution in [0.15, 0.2) is 24.3 Å². The molecule has 5 heteroatoms. The second-order valence-electron chi connectivity index (χ2n) is 5.48. The summed E-state index contributed by atoms with van der Waals surface area (Å²) in [6.45, 7) is 2.11. The van der Waals surface area contributed by atoms with Gasteiger partial charge in [0.2, 0.25) is 0 Å². The Morgan fingerprint density at radius 2 is 2.05 bits per heavy atom. The van der Waals surface area contributed by atoms with Crippen LogP contribution >= 0.6 is 0 Å². The molecule has 1 aromatic rings. The fourth-order valence-corrected chi connectivity index (χ4v) is 2.63. The summed E-state index contributed by atoms with van der Waals surface area (Å²) in [6.07, 6.45) is 2.07. The molecule has 1 aromatic carbocycles. The molecule has 1 saturated carbocycles. The lowest BCUT2D eigenvalue weighted by Gasteiger charge is -2.18. The SMILES string of the molecule is CCOC(=O)[C@@H](Cc1ccc(OC2CCCC2O)cc1)OC. The number of hydrogen-bond donors (Lipinski definition) is 1. The van der Waals surface area contributed by atoms with Gasteiger partial charge in [-0.1, -0.05) is 12.1 Å². The summed E-state index contributed by atoms with van der Waals surface area (Å²) in [5.74, 6) is 0.388. The highest BCUT2D eigenvalue weighted by atomic mass is 16.6.